The van der Waals surface area contributed by atoms with Crippen molar-refractivity contribution < 1.29 is 13.9 Å². The standard InChI is InChI=1S/C18H13N3O4S/c22-16(9-24-12-4-2-1-3-5-12)21-17-19-14(10-26-17)11-6-7-13-15(8-11)25-18(23)20-13/h1-8,10H,9H2,(H,20,23)(H,19,21,22). The number of para-hydroxylation sites is 1. The summed E-state index contributed by atoms with van der Waals surface area (Å²) in [7, 11) is 0. The maximum atomic E-state index is 12.0. The molecule has 0 aliphatic heterocycles. The van der Waals surface area contributed by atoms with Crippen LogP contribution in [0.1, 0.15) is 0 Å². The van der Waals surface area contributed by atoms with Gasteiger partial charge >= 0.3 is 5.76 Å². The number of H-pyrrole nitrogens is 1. The number of nitrogens with zero attached hydrogens (tertiary/aromatic N) is 1. The van der Waals surface area contributed by atoms with E-state index in [1.807, 2.05) is 29.6 Å². The minimum Gasteiger partial charge on any atom is -0.484 e. The minimum absolute atomic E-state index is 0.0978. The Balaban J connectivity index is 1.43. The highest BCUT2D eigenvalue weighted by molar-refractivity contribution is 7.14. The molecule has 2 N–H and O–H groups in total. The second-order valence-electron chi connectivity index (χ2n) is 5.41. The first kappa shape index (κ1) is 16.1. The first-order chi connectivity index (χ1) is 12.7. The van der Waals surface area contributed by atoms with E-state index < -0.39 is 5.76 Å². The number of nitrogens with one attached hydrogen (secondary N) is 2. The molecule has 2 heterocycles. The molecular weight excluding hydrogens is 354 g/mol. The Morgan fingerprint density at radius 1 is 1.23 bits per heavy atom. The largest absolute Gasteiger partial charge is 0.484 e. The van der Waals surface area contributed by atoms with Crippen LogP contribution in [0.2, 0.25) is 0 Å². The summed E-state index contributed by atoms with van der Waals surface area (Å²) in [6.45, 7) is -0.0978. The summed E-state index contributed by atoms with van der Waals surface area (Å²) >= 11 is 1.31. The monoisotopic (exact) mass is 367 g/mol. The Labute approximate surface area is 151 Å². The molecule has 7 nitrogen and oxygen atoms in total. The molecule has 0 unspecified atom stereocenters. The van der Waals surface area contributed by atoms with Gasteiger partial charge in [0, 0.05) is 10.9 Å². The maximum absolute atomic E-state index is 12.0. The number of oxazole rings is 1. The van der Waals surface area contributed by atoms with Crippen LogP contribution in [0.25, 0.3) is 22.4 Å². The zero-order valence-corrected chi connectivity index (χ0v) is 14.2. The summed E-state index contributed by atoms with van der Waals surface area (Å²) in [6.07, 6.45) is 0. The number of ether oxygens (including phenoxy) is 1. The van der Waals surface area contributed by atoms with Crippen molar-refractivity contribution in [2.75, 3.05) is 11.9 Å². The summed E-state index contributed by atoms with van der Waals surface area (Å²) in [5.41, 5.74) is 2.56. The van der Waals surface area contributed by atoms with Crippen molar-refractivity contribution in [1.29, 1.82) is 0 Å². The summed E-state index contributed by atoms with van der Waals surface area (Å²) in [4.78, 5) is 30.2. The second kappa shape index (κ2) is 6.85. The molecule has 4 aromatic rings. The van der Waals surface area contributed by atoms with E-state index >= 15 is 0 Å². The first-order valence-electron chi connectivity index (χ1n) is 7.74. The van der Waals surface area contributed by atoms with E-state index in [2.05, 4.69) is 15.3 Å². The van der Waals surface area contributed by atoms with E-state index in [9.17, 15) is 9.59 Å². The molecule has 0 radical (unpaired) electrons. The van der Waals surface area contributed by atoms with Crippen molar-refractivity contribution >= 4 is 33.5 Å². The molecule has 2 aromatic carbocycles. The third kappa shape index (κ3) is 3.50. The number of fused-ring (bicyclic) bond motifs is 1. The molecule has 8 heteroatoms. The number of amides is 1. The van der Waals surface area contributed by atoms with Gasteiger partial charge in [-0.15, -0.1) is 11.3 Å². The van der Waals surface area contributed by atoms with Gasteiger partial charge in [-0.25, -0.2) is 9.78 Å². The molecule has 0 fully saturated rings. The highest BCUT2D eigenvalue weighted by atomic mass is 32.1. The fourth-order valence-corrected chi connectivity index (χ4v) is 3.13. The molecule has 0 saturated heterocycles. The van der Waals surface area contributed by atoms with Gasteiger partial charge in [-0.05, 0) is 24.3 Å². The summed E-state index contributed by atoms with van der Waals surface area (Å²) in [6, 6.07) is 14.4. The van der Waals surface area contributed by atoms with Crippen LogP contribution in [0, 0.1) is 0 Å². The van der Waals surface area contributed by atoms with E-state index in [4.69, 9.17) is 9.15 Å². The van der Waals surface area contributed by atoms with E-state index in [1.54, 1.807) is 24.3 Å². The third-order valence-corrected chi connectivity index (χ3v) is 4.34. The zero-order valence-electron chi connectivity index (χ0n) is 13.4. The van der Waals surface area contributed by atoms with Crippen LogP contribution >= 0.6 is 11.3 Å². The van der Waals surface area contributed by atoms with Crippen molar-refractivity contribution in [3.05, 3.63) is 64.5 Å². The lowest BCUT2D eigenvalue weighted by atomic mass is 10.1. The molecule has 0 bridgehead atoms. The Hall–Kier alpha value is -3.39. The lowest BCUT2D eigenvalue weighted by Crippen LogP contribution is -2.19. The predicted octanol–water partition coefficient (Wildman–Crippen LogP) is 3.26. The molecule has 26 heavy (non-hydrogen) atoms. The van der Waals surface area contributed by atoms with Crippen molar-refractivity contribution in [3.8, 4) is 17.0 Å². The van der Waals surface area contributed by atoms with Crippen LogP contribution in [0.4, 0.5) is 5.13 Å². The van der Waals surface area contributed by atoms with Crippen molar-refractivity contribution in [2.45, 2.75) is 0 Å². The Bertz CT molecular complexity index is 1110. The highest BCUT2D eigenvalue weighted by Gasteiger charge is 2.10. The van der Waals surface area contributed by atoms with Gasteiger partial charge in [-0.3, -0.25) is 15.1 Å². The number of carbonyl (C=O) groups is 1. The number of carbonyl (C=O) groups excluding carboxylic acids is 1. The smallest absolute Gasteiger partial charge is 0.417 e. The van der Waals surface area contributed by atoms with E-state index in [0.29, 0.717) is 27.7 Å². The van der Waals surface area contributed by atoms with Crippen molar-refractivity contribution in [2.24, 2.45) is 0 Å². The van der Waals surface area contributed by atoms with Gasteiger partial charge in [0.2, 0.25) is 0 Å². The molecule has 2 aromatic heterocycles. The van der Waals surface area contributed by atoms with Crippen LogP contribution in [-0.2, 0) is 4.79 Å². The van der Waals surface area contributed by atoms with Crippen LogP contribution in [0.15, 0.2) is 63.1 Å². The molecule has 0 aliphatic carbocycles. The normalized spacial score (nSPS) is 10.8. The van der Waals surface area contributed by atoms with Crippen LogP contribution in [0.3, 0.4) is 0 Å². The summed E-state index contributed by atoms with van der Waals surface area (Å²) in [5, 5.41) is 5.00. The van der Waals surface area contributed by atoms with Crippen molar-refractivity contribution in [1.82, 2.24) is 9.97 Å². The maximum Gasteiger partial charge on any atom is 0.417 e. The van der Waals surface area contributed by atoms with E-state index in [0.717, 1.165) is 5.56 Å². The molecular formula is C18H13N3O4S. The minimum atomic E-state index is -0.498. The topological polar surface area (TPSA) is 97.2 Å². The van der Waals surface area contributed by atoms with Gasteiger partial charge < -0.3 is 9.15 Å². The lowest BCUT2D eigenvalue weighted by Gasteiger charge is -2.05. The van der Waals surface area contributed by atoms with Gasteiger partial charge in [0.25, 0.3) is 5.91 Å². The Kier molecular flexibility index (Phi) is 4.24. The Morgan fingerprint density at radius 3 is 2.92 bits per heavy atom. The Morgan fingerprint density at radius 2 is 2.08 bits per heavy atom. The van der Waals surface area contributed by atoms with Crippen LogP contribution < -0.4 is 15.8 Å². The lowest BCUT2D eigenvalue weighted by molar-refractivity contribution is -0.118. The van der Waals surface area contributed by atoms with Gasteiger partial charge in [0.05, 0.1) is 11.2 Å². The van der Waals surface area contributed by atoms with Crippen LogP contribution in [0.5, 0.6) is 5.75 Å². The van der Waals surface area contributed by atoms with Crippen molar-refractivity contribution in [3.63, 3.8) is 0 Å². The number of hydrogen-bond donors (Lipinski definition) is 2. The van der Waals surface area contributed by atoms with Gasteiger partial charge in [0.15, 0.2) is 17.3 Å². The fraction of sp³-hybridized carbons (Fsp3) is 0.0556. The third-order valence-electron chi connectivity index (χ3n) is 3.58. The summed E-state index contributed by atoms with van der Waals surface area (Å²) in [5.74, 6) is -0.160. The molecule has 4 rings (SSSR count). The van der Waals surface area contributed by atoms with E-state index in [1.165, 1.54) is 11.3 Å². The molecule has 0 atom stereocenters. The molecule has 0 aliphatic rings. The number of hydrogen-bond acceptors (Lipinski definition) is 6. The molecule has 1 amide bonds. The number of aromatic amines is 1. The fourth-order valence-electron chi connectivity index (χ4n) is 2.39. The highest BCUT2D eigenvalue weighted by Crippen LogP contribution is 2.27. The average molecular weight is 367 g/mol. The summed E-state index contributed by atoms with van der Waals surface area (Å²) < 4.78 is 10.5. The van der Waals surface area contributed by atoms with Gasteiger partial charge in [0.1, 0.15) is 5.75 Å². The quantitative estimate of drug-likeness (QED) is 0.564. The average Bonchev–Trinajstić information content (AvgIpc) is 3.25. The number of anilines is 1. The zero-order chi connectivity index (χ0) is 17.9. The number of rotatable bonds is 5. The van der Waals surface area contributed by atoms with E-state index in [-0.39, 0.29) is 12.5 Å². The number of benzene rings is 2. The number of aromatic nitrogens is 2. The number of thiazole rings is 1. The van der Waals surface area contributed by atoms with Crippen LogP contribution in [-0.4, -0.2) is 22.5 Å². The first-order valence-corrected chi connectivity index (χ1v) is 8.62. The molecule has 0 spiro atoms. The predicted molar refractivity (Wildman–Crippen MR) is 98.5 cm³/mol. The van der Waals surface area contributed by atoms with Gasteiger partial charge in [-0.2, -0.15) is 0 Å². The second-order valence-corrected chi connectivity index (χ2v) is 6.27. The molecule has 130 valence electrons. The van der Waals surface area contributed by atoms with Gasteiger partial charge in [-0.1, -0.05) is 24.3 Å². The SMILES string of the molecule is O=C(COc1ccccc1)Nc1nc(-c2ccc3[nH]c(=O)oc3c2)cs1. The molecule has 0 saturated carbocycles.